The zero-order chi connectivity index (χ0) is 29.6. The Balaban J connectivity index is 0.000000559. The summed E-state index contributed by atoms with van der Waals surface area (Å²) in [6.07, 6.45) is -4.16. The minimum Gasteiger partial charge on any atom is -0.475 e. The van der Waals surface area contributed by atoms with E-state index in [1.54, 1.807) is 24.3 Å². The Hall–Kier alpha value is -3.42. The Kier molecular flexibility index (Phi) is 10.3. The minimum absolute atomic E-state index is 0.00574. The molecule has 0 saturated carbocycles. The summed E-state index contributed by atoms with van der Waals surface area (Å²) in [6, 6.07) is 11.1. The predicted octanol–water partition coefficient (Wildman–Crippen LogP) is 3.51. The van der Waals surface area contributed by atoms with Crippen LogP contribution in [0.25, 0.3) is 0 Å². The highest BCUT2D eigenvalue weighted by Crippen LogP contribution is 2.30. The van der Waals surface area contributed by atoms with Crippen LogP contribution in [-0.2, 0) is 9.59 Å². The Bertz CT molecular complexity index is 1210. The lowest BCUT2D eigenvalue weighted by Gasteiger charge is -2.34. The van der Waals surface area contributed by atoms with E-state index >= 15 is 0 Å². The summed E-state index contributed by atoms with van der Waals surface area (Å²) < 4.78 is 45.6. The number of aliphatic hydroxyl groups excluding tert-OH is 1. The van der Waals surface area contributed by atoms with Crippen LogP contribution in [0.4, 0.5) is 28.9 Å². The Morgan fingerprint density at radius 3 is 2.17 bits per heavy atom. The van der Waals surface area contributed by atoms with Crippen LogP contribution in [-0.4, -0.2) is 83.4 Å². The van der Waals surface area contributed by atoms with Crippen molar-refractivity contribution in [2.75, 3.05) is 36.4 Å². The number of aliphatic carboxylic acids is 1. The first-order valence-corrected chi connectivity index (χ1v) is 12.7. The topological polar surface area (TPSA) is 122 Å². The number of piperidine rings is 1. The van der Waals surface area contributed by atoms with Gasteiger partial charge in [-0.05, 0) is 55.3 Å². The van der Waals surface area contributed by atoms with E-state index in [0.29, 0.717) is 48.1 Å². The summed E-state index contributed by atoms with van der Waals surface area (Å²) in [4.78, 5) is 36.8. The van der Waals surface area contributed by atoms with E-state index in [1.807, 2.05) is 9.80 Å². The summed E-state index contributed by atoms with van der Waals surface area (Å²) in [5, 5.41) is 24.6. The molecule has 0 aliphatic carbocycles. The summed E-state index contributed by atoms with van der Waals surface area (Å²) >= 11 is 5.91. The highest BCUT2D eigenvalue weighted by molar-refractivity contribution is 6.30. The zero-order valence-electron chi connectivity index (χ0n) is 21.4. The third-order valence-electron chi connectivity index (χ3n) is 6.47. The molecule has 0 aromatic heterocycles. The summed E-state index contributed by atoms with van der Waals surface area (Å²) in [7, 11) is 0. The molecule has 2 aliphatic rings. The number of benzene rings is 2. The van der Waals surface area contributed by atoms with Gasteiger partial charge in [0.05, 0.1) is 23.5 Å². The average molecular weight is 589 g/mol. The van der Waals surface area contributed by atoms with Gasteiger partial charge in [-0.15, -0.1) is 0 Å². The monoisotopic (exact) mass is 588 g/mol. The molecule has 2 aliphatic heterocycles. The van der Waals surface area contributed by atoms with Crippen molar-refractivity contribution >= 4 is 40.8 Å². The highest BCUT2D eigenvalue weighted by Gasteiger charge is 2.38. The van der Waals surface area contributed by atoms with Crippen LogP contribution in [0.2, 0.25) is 5.02 Å². The SMILES string of the molecule is CC(=O)Nc1ccc(F)cc1N1C[C@@H](O)[C@H](NC2CCN(C(=O)c3ccc(Cl)cc3)CC2)C1.O=C(O)C(F)(F)F. The number of carbonyl (C=O) groups is 3. The van der Waals surface area contributed by atoms with E-state index in [-0.39, 0.29) is 23.9 Å². The van der Waals surface area contributed by atoms with E-state index in [9.17, 15) is 32.3 Å². The second-order valence-corrected chi connectivity index (χ2v) is 9.90. The predicted molar refractivity (Wildman–Crippen MR) is 140 cm³/mol. The molecule has 2 aromatic rings. The number of alkyl halides is 3. The number of halogens is 5. The van der Waals surface area contributed by atoms with Crippen LogP contribution in [0, 0.1) is 5.82 Å². The maximum absolute atomic E-state index is 13.9. The van der Waals surface area contributed by atoms with Crippen molar-refractivity contribution in [3.05, 3.63) is 58.9 Å². The Morgan fingerprint density at radius 2 is 1.62 bits per heavy atom. The minimum atomic E-state index is -5.08. The van der Waals surface area contributed by atoms with Crippen molar-refractivity contribution in [2.45, 2.75) is 44.1 Å². The molecule has 0 unspecified atom stereocenters. The van der Waals surface area contributed by atoms with Gasteiger partial charge in [0, 0.05) is 49.7 Å². The molecule has 2 fully saturated rings. The number of aliphatic hydroxyl groups is 1. The van der Waals surface area contributed by atoms with Gasteiger partial charge in [-0.3, -0.25) is 9.59 Å². The van der Waals surface area contributed by atoms with Crippen molar-refractivity contribution in [3.8, 4) is 0 Å². The molecule has 2 heterocycles. The number of carbonyl (C=O) groups excluding carboxylic acids is 2. The van der Waals surface area contributed by atoms with Crippen molar-refractivity contribution in [1.82, 2.24) is 10.2 Å². The van der Waals surface area contributed by atoms with Crippen LogP contribution in [0.1, 0.15) is 30.1 Å². The summed E-state index contributed by atoms with van der Waals surface area (Å²) in [5.41, 5.74) is 1.69. The average Bonchev–Trinajstić information content (AvgIpc) is 3.25. The molecule has 2 atom stereocenters. The quantitative estimate of drug-likeness (QED) is 0.394. The first-order chi connectivity index (χ1) is 18.7. The van der Waals surface area contributed by atoms with Gasteiger partial charge >= 0.3 is 12.1 Å². The first-order valence-electron chi connectivity index (χ1n) is 12.4. The van der Waals surface area contributed by atoms with E-state index in [2.05, 4.69) is 10.6 Å². The third-order valence-corrected chi connectivity index (χ3v) is 6.72. The molecular weight excluding hydrogens is 560 g/mol. The number of likely N-dealkylation sites (tertiary alicyclic amines) is 1. The second kappa shape index (κ2) is 13.3. The fourth-order valence-electron chi connectivity index (χ4n) is 4.54. The molecule has 0 radical (unpaired) electrons. The molecule has 14 heteroatoms. The number of nitrogens with zero attached hydrogens (tertiary/aromatic N) is 2. The van der Waals surface area contributed by atoms with Crippen LogP contribution in [0.15, 0.2) is 42.5 Å². The number of β-amino-alcohol motifs (C(OH)–C–C–N with tert-alkyl or cyclic N) is 1. The van der Waals surface area contributed by atoms with Crippen molar-refractivity contribution < 1.29 is 42.2 Å². The maximum atomic E-state index is 13.9. The summed E-state index contributed by atoms with van der Waals surface area (Å²) in [5.74, 6) is -3.40. The number of rotatable bonds is 5. The normalized spacial score (nSPS) is 19.6. The molecular formula is C26H29ClF4N4O5. The Morgan fingerprint density at radius 1 is 1.02 bits per heavy atom. The van der Waals surface area contributed by atoms with E-state index in [0.717, 1.165) is 12.8 Å². The molecule has 0 spiro atoms. The zero-order valence-corrected chi connectivity index (χ0v) is 22.2. The lowest BCUT2D eigenvalue weighted by atomic mass is 10.0. The van der Waals surface area contributed by atoms with Gasteiger partial charge in [0.15, 0.2) is 0 Å². The van der Waals surface area contributed by atoms with Crippen LogP contribution in [0.3, 0.4) is 0 Å². The highest BCUT2D eigenvalue weighted by atomic mass is 35.5. The molecule has 4 rings (SSSR count). The second-order valence-electron chi connectivity index (χ2n) is 9.46. The maximum Gasteiger partial charge on any atom is 0.490 e. The van der Waals surface area contributed by atoms with Gasteiger partial charge in [-0.1, -0.05) is 11.6 Å². The van der Waals surface area contributed by atoms with Crippen LogP contribution >= 0.6 is 11.6 Å². The number of amides is 2. The summed E-state index contributed by atoms with van der Waals surface area (Å²) in [6.45, 7) is 3.48. The first kappa shape index (κ1) is 31.1. The smallest absolute Gasteiger partial charge is 0.475 e. The van der Waals surface area contributed by atoms with Gasteiger partial charge in [-0.2, -0.15) is 13.2 Å². The number of nitrogens with one attached hydrogen (secondary N) is 2. The van der Waals surface area contributed by atoms with Crippen molar-refractivity contribution in [2.24, 2.45) is 0 Å². The van der Waals surface area contributed by atoms with Crippen LogP contribution < -0.4 is 15.5 Å². The molecule has 0 bridgehead atoms. The molecule has 4 N–H and O–H groups in total. The third kappa shape index (κ3) is 8.54. The lowest BCUT2D eigenvalue weighted by Crippen LogP contribution is -2.50. The fraction of sp³-hybridized carbons (Fsp3) is 0.423. The van der Waals surface area contributed by atoms with Crippen LogP contribution in [0.5, 0.6) is 0 Å². The molecule has 2 amide bonds. The lowest BCUT2D eigenvalue weighted by molar-refractivity contribution is -0.192. The number of carboxylic acids is 1. The van der Waals surface area contributed by atoms with E-state index in [4.69, 9.17) is 21.5 Å². The number of anilines is 2. The van der Waals surface area contributed by atoms with Gasteiger partial charge in [0.25, 0.3) is 5.91 Å². The molecule has 40 heavy (non-hydrogen) atoms. The van der Waals surface area contributed by atoms with Gasteiger partial charge in [0.1, 0.15) is 5.82 Å². The number of hydrogen-bond donors (Lipinski definition) is 4. The van der Waals surface area contributed by atoms with E-state index in [1.165, 1.54) is 25.1 Å². The van der Waals surface area contributed by atoms with E-state index < -0.39 is 24.1 Å². The number of carboxylic acid groups (broad SMARTS) is 1. The van der Waals surface area contributed by atoms with Gasteiger partial charge in [-0.25, -0.2) is 9.18 Å². The Labute approximate surface area is 232 Å². The standard InChI is InChI=1S/C24H28ClFN4O3.C2HF3O2/c1-15(31)27-20-7-6-18(26)12-22(20)30-13-21(23(32)14-30)28-19-8-10-29(11-9-19)24(33)16-2-4-17(25)5-3-16;3-2(4,5)1(6)7/h2-7,12,19,21,23,28,32H,8-11,13-14H2,1H3,(H,27,31);(H,6,7)/t21-,23-;/m1./s1. The van der Waals surface area contributed by atoms with Gasteiger partial charge < -0.3 is 30.6 Å². The fourth-order valence-corrected chi connectivity index (χ4v) is 4.66. The van der Waals surface area contributed by atoms with Gasteiger partial charge in [0.2, 0.25) is 5.91 Å². The molecule has 2 aromatic carbocycles. The largest absolute Gasteiger partial charge is 0.490 e. The van der Waals surface area contributed by atoms with Crippen molar-refractivity contribution in [1.29, 1.82) is 0 Å². The molecule has 218 valence electrons. The molecule has 2 saturated heterocycles. The number of hydrogen-bond acceptors (Lipinski definition) is 6. The molecule has 9 nitrogen and oxygen atoms in total. The van der Waals surface area contributed by atoms with Crippen molar-refractivity contribution in [3.63, 3.8) is 0 Å².